The molecular formula is C25H44O4. The molecule has 0 aliphatic heterocycles. The lowest BCUT2D eigenvalue weighted by Gasteiger charge is -2.33. The van der Waals surface area contributed by atoms with E-state index in [2.05, 4.69) is 17.7 Å². The van der Waals surface area contributed by atoms with Gasteiger partial charge in [-0.15, -0.1) is 0 Å². The Morgan fingerprint density at radius 3 is 2.48 bits per heavy atom. The molecule has 2 N–H and O–H groups in total. The van der Waals surface area contributed by atoms with E-state index in [4.69, 9.17) is 0 Å². The molecule has 29 heavy (non-hydrogen) atoms. The largest absolute Gasteiger partial charge is 0.469 e. The minimum atomic E-state index is -0.364. The summed E-state index contributed by atoms with van der Waals surface area (Å²) in [6.45, 7) is 2.23. The Hall–Kier alpha value is -1.13. The van der Waals surface area contributed by atoms with Gasteiger partial charge in [0.15, 0.2) is 0 Å². The minimum absolute atomic E-state index is 0.207. The zero-order chi connectivity index (χ0) is 21.3. The Balaban J connectivity index is 2.33. The molecule has 0 amide bonds. The van der Waals surface area contributed by atoms with Gasteiger partial charge in [0.25, 0.3) is 0 Å². The quantitative estimate of drug-likeness (QED) is 0.207. The molecule has 4 atom stereocenters. The average Bonchev–Trinajstić information content (AvgIpc) is 2.73. The van der Waals surface area contributed by atoms with Crippen LogP contribution in [0.4, 0.5) is 0 Å². The third-order valence-electron chi connectivity index (χ3n) is 6.13. The second-order valence-electron chi connectivity index (χ2n) is 8.54. The van der Waals surface area contributed by atoms with Crippen molar-refractivity contribution in [1.29, 1.82) is 0 Å². The highest BCUT2D eigenvalue weighted by atomic mass is 16.5. The van der Waals surface area contributed by atoms with Crippen LogP contribution in [0.25, 0.3) is 0 Å². The first-order valence-corrected chi connectivity index (χ1v) is 11.9. The van der Waals surface area contributed by atoms with E-state index in [0.717, 1.165) is 32.1 Å². The molecule has 1 rings (SSSR count). The second-order valence-corrected chi connectivity index (χ2v) is 8.54. The molecular weight excluding hydrogens is 364 g/mol. The van der Waals surface area contributed by atoms with Crippen LogP contribution in [0.15, 0.2) is 24.3 Å². The van der Waals surface area contributed by atoms with Crippen molar-refractivity contribution >= 4 is 5.97 Å². The van der Waals surface area contributed by atoms with Gasteiger partial charge in [-0.2, -0.15) is 0 Å². The first kappa shape index (κ1) is 25.9. The second kappa shape index (κ2) is 16.6. The molecule has 0 aromatic carbocycles. The molecule has 0 radical (unpaired) electrons. The monoisotopic (exact) mass is 408 g/mol. The molecule has 0 saturated heterocycles. The van der Waals surface area contributed by atoms with E-state index in [1.54, 1.807) is 0 Å². The van der Waals surface area contributed by atoms with Gasteiger partial charge >= 0.3 is 5.97 Å². The lowest BCUT2D eigenvalue weighted by Crippen LogP contribution is -2.30. The molecule has 4 unspecified atom stereocenters. The fourth-order valence-electron chi connectivity index (χ4n) is 4.31. The molecule has 4 nitrogen and oxygen atoms in total. The number of carbonyl (C=O) groups excluding carboxylic acids is 1. The highest BCUT2D eigenvalue weighted by molar-refractivity contribution is 5.68. The highest BCUT2D eigenvalue weighted by Gasteiger charge is 2.28. The van der Waals surface area contributed by atoms with Crippen molar-refractivity contribution in [2.75, 3.05) is 7.11 Å². The summed E-state index contributed by atoms with van der Waals surface area (Å²) in [5.41, 5.74) is 0. The van der Waals surface area contributed by atoms with Gasteiger partial charge in [0.05, 0.1) is 19.3 Å². The summed E-state index contributed by atoms with van der Waals surface area (Å²) in [7, 11) is 1.40. The summed E-state index contributed by atoms with van der Waals surface area (Å²) < 4.78 is 4.67. The Morgan fingerprint density at radius 2 is 1.72 bits per heavy atom. The van der Waals surface area contributed by atoms with Crippen LogP contribution in [-0.4, -0.2) is 35.5 Å². The molecule has 0 heterocycles. The van der Waals surface area contributed by atoms with E-state index in [0.29, 0.717) is 25.2 Å². The summed E-state index contributed by atoms with van der Waals surface area (Å²) in [6.07, 6.45) is 21.8. The van der Waals surface area contributed by atoms with E-state index < -0.39 is 0 Å². The van der Waals surface area contributed by atoms with Crippen LogP contribution in [0.2, 0.25) is 0 Å². The molecule has 1 aliphatic rings. The molecule has 0 bridgehead atoms. The van der Waals surface area contributed by atoms with Crippen molar-refractivity contribution in [2.45, 2.75) is 109 Å². The van der Waals surface area contributed by atoms with E-state index in [1.165, 1.54) is 45.6 Å². The number of rotatable bonds is 15. The SMILES string of the molecule is CCCCCCCCC(O)C=CC=CC1CCCCC1C(O)CCCC(=O)OC. The third kappa shape index (κ3) is 12.2. The molecule has 0 aromatic rings. The van der Waals surface area contributed by atoms with Crippen LogP contribution in [0, 0.1) is 11.8 Å². The maximum Gasteiger partial charge on any atom is 0.305 e. The van der Waals surface area contributed by atoms with Gasteiger partial charge in [0, 0.05) is 6.42 Å². The first-order valence-electron chi connectivity index (χ1n) is 11.9. The number of esters is 1. The van der Waals surface area contributed by atoms with Crippen LogP contribution in [0.1, 0.15) is 96.8 Å². The van der Waals surface area contributed by atoms with Crippen LogP contribution in [0.5, 0.6) is 0 Å². The molecule has 168 valence electrons. The summed E-state index contributed by atoms with van der Waals surface area (Å²) >= 11 is 0. The summed E-state index contributed by atoms with van der Waals surface area (Å²) in [4.78, 5) is 11.2. The smallest absolute Gasteiger partial charge is 0.305 e. The molecule has 0 spiro atoms. The van der Waals surface area contributed by atoms with Crippen molar-refractivity contribution in [2.24, 2.45) is 11.8 Å². The first-order chi connectivity index (χ1) is 14.1. The number of hydrogen-bond donors (Lipinski definition) is 2. The number of ether oxygens (including phenoxy) is 1. The number of hydrogen-bond acceptors (Lipinski definition) is 4. The maximum atomic E-state index is 11.2. The molecule has 4 heteroatoms. The van der Waals surface area contributed by atoms with Crippen LogP contribution in [0.3, 0.4) is 0 Å². The van der Waals surface area contributed by atoms with Crippen LogP contribution in [-0.2, 0) is 9.53 Å². The Labute approximate surface area is 178 Å². The van der Waals surface area contributed by atoms with E-state index in [9.17, 15) is 15.0 Å². The average molecular weight is 409 g/mol. The number of aliphatic hydroxyl groups excluding tert-OH is 2. The Morgan fingerprint density at radius 1 is 1.00 bits per heavy atom. The Kier molecular flexibility index (Phi) is 14.9. The minimum Gasteiger partial charge on any atom is -0.469 e. The van der Waals surface area contributed by atoms with Crippen molar-refractivity contribution in [3.05, 3.63) is 24.3 Å². The van der Waals surface area contributed by atoms with E-state index >= 15 is 0 Å². The number of carbonyl (C=O) groups is 1. The number of unbranched alkanes of at least 4 members (excludes halogenated alkanes) is 5. The lowest BCUT2D eigenvalue weighted by atomic mass is 9.75. The number of allylic oxidation sites excluding steroid dienone is 3. The zero-order valence-corrected chi connectivity index (χ0v) is 18.7. The third-order valence-corrected chi connectivity index (χ3v) is 6.13. The fraction of sp³-hybridized carbons (Fsp3) is 0.800. The Bertz CT molecular complexity index is 471. The molecule has 0 aromatic heterocycles. The molecule has 1 saturated carbocycles. The predicted molar refractivity (Wildman–Crippen MR) is 120 cm³/mol. The maximum absolute atomic E-state index is 11.2. The van der Waals surface area contributed by atoms with Crippen LogP contribution < -0.4 is 0 Å². The van der Waals surface area contributed by atoms with Crippen molar-refractivity contribution in [1.82, 2.24) is 0 Å². The predicted octanol–water partition coefficient (Wildman–Crippen LogP) is 5.72. The van der Waals surface area contributed by atoms with E-state index in [1.807, 2.05) is 18.2 Å². The van der Waals surface area contributed by atoms with Gasteiger partial charge < -0.3 is 14.9 Å². The zero-order valence-electron chi connectivity index (χ0n) is 18.7. The van der Waals surface area contributed by atoms with Gasteiger partial charge in [-0.3, -0.25) is 4.79 Å². The van der Waals surface area contributed by atoms with Gasteiger partial charge in [-0.25, -0.2) is 0 Å². The van der Waals surface area contributed by atoms with Gasteiger partial charge in [-0.1, -0.05) is 82.6 Å². The summed E-state index contributed by atoms with van der Waals surface area (Å²) in [5.74, 6) is 0.429. The van der Waals surface area contributed by atoms with Crippen molar-refractivity contribution < 1.29 is 19.7 Å². The topological polar surface area (TPSA) is 66.8 Å². The van der Waals surface area contributed by atoms with Crippen molar-refractivity contribution in [3.63, 3.8) is 0 Å². The fourth-order valence-corrected chi connectivity index (χ4v) is 4.31. The van der Waals surface area contributed by atoms with Crippen molar-refractivity contribution in [3.8, 4) is 0 Å². The number of methoxy groups -OCH3 is 1. The summed E-state index contributed by atoms with van der Waals surface area (Å²) in [5, 5.41) is 20.7. The van der Waals surface area contributed by atoms with Crippen LogP contribution >= 0.6 is 0 Å². The van der Waals surface area contributed by atoms with Gasteiger partial charge in [-0.05, 0) is 43.9 Å². The number of aliphatic hydroxyl groups is 2. The van der Waals surface area contributed by atoms with E-state index in [-0.39, 0.29) is 24.1 Å². The lowest BCUT2D eigenvalue weighted by molar-refractivity contribution is -0.140. The standard InChI is InChI=1S/C25H44O4/c1-3-4-5-6-7-8-16-22(26)17-11-9-14-21-15-10-12-18-23(21)24(27)19-13-20-25(28)29-2/h9,11,14,17,21-24,26-27H,3-8,10,12-13,15-16,18-20H2,1-2H3. The summed E-state index contributed by atoms with van der Waals surface area (Å²) in [6, 6.07) is 0. The molecule has 1 aliphatic carbocycles. The van der Waals surface area contributed by atoms with Gasteiger partial charge in [0.2, 0.25) is 0 Å². The molecule has 1 fully saturated rings. The van der Waals surface area contributed by atoms with Gasteiger partial charge in [0.1, 0.15) is 0 Å². The normalized spacial score (nSPS) is 22.2. The highest BCUT2D eigenvalue weighted by Crippen LogP contribution is 2.35.